The molecule has 1 aromatic heterocycles. The first-order chi connectivity index (χ1) is 8.93. The van der Waals surface area contributed by atoms with E-state index in [4.69, 9.17) is 27.7 Å². The van der Waals surface area contributed by atoms with Crippen molar-refractivity contribution in [1.82, 2.24) is 9.55 Å². The molecular weight excluding hydrogens is 252 g/mol. The average molecular weight is 266 g/mol. The Hall–Kier alpha value is -1.92. The van der Waals surface area contributed by atoms with Gasteiger partial charge in [0.15, 0.2) is 11.8 Å². The fourth-order valence-electron chi connectivity index (χ4n) is 2.01. The third-order valence-corrected chi connectivity index (χ3v) is 3.09. The van der Waals surface area contributed by atoms with Crippen molar-refractivity contribution in [3.05, 3.63) is 22.7 Å². The molecule has 1 aliphatic heterocycles. The summed E-state index contributed by atoms with van der Waals surface area (Å²) in [6.45, 7) is -0.477. The normalized spacial score (nSPS) is 34.1. The fraction of sp³-hybridized carbons (Fsp3) is 0.455. The van der Waals surface area contributed by atoms with Crippen LogP contribution in [0.4, 0.5) is 5.82 Å². The number of hydrogen-bond donors (Lipinski definition) is 4. The van der Waals surface area contributed by atoms with E-state index in [-0.39, 0.29) is 5.82 Å². The van der Waals surface area contributed by atoms with Crippen LogP contribution < -0.4 is 17.2 Å². The van der Waals surface area contributed by atoms with E-state index in [1.807, 2.05) is 0 Å². The smallest absolute Gasteiger partial charge is 0.351 e. The van der Waals surface area contributed by atoms with E-state index >= 15 is 0 Å². The van der Waals surface area contributed by atoms with Gasteiger partial charge in [0.1, 0.15) is 18.0 Å². The van der Waals surface area contributed by atoms with Gasteiger partial charge < -0.3 is 26.4 Å². The maximum atomic E-state index is 11.8. The van der Waals surface area contributed by atoms with Crippen molar-refractivity contribution in [2.45, 2.75) is 24.0 Å². The third-order valence-electron chi connectivity index (χ3n) is 3.09. The molecule has 8 nitrogen and oxygen atoms in total. The van der Waals surface area contributed by atoms with E-state index < -0.39 is 36.3 Å². The molecule has 2 heterocycles. The molecule has 1 aliphatic rings. The Labute approximate surface area is 108 Å². The number of aliphatic hydroxyl groups excluding tert-OH is 2. The second kappa shape index (κ2) is 4.64. The minimum Gasteiger partial charge on any atom is -0.394 e. The average Bonchev–Trinajstić information content (AvgIpc) is 2.63. The number of aromatic nitrogens is 2. The monoisotopic (exact) mass is 266 g/mol. The minimum atomic E-state index is -1.64. The highest BCUT2D eigenvalue weighted by molar-refractivity contribution is 5.26. The number of anilines is 1. The molecule has 0 bridgehead atoms. The first-order valence-corrected chi connectivity index (χ1v) is 5.49. The Balaban J connectivity index is 2.49. The molecule has 8 heteroatoms. The van der Waals surface area contributed by atoms with Gasteiger partial charge in [-0.25, -0.2) is 4.79 Å². The number of rotatable bonds is 2. The second-order valence-electron chi connectivity index (χ2n) is 4.27. The van der Waals surface area contributed by atoms with Gasteiger partial charge in [-0.1, -0.05) is 5.92 Å². The third kappa shape index (κ3) is 1.98. The summed E-state index contributed by atoms with van der Waals surface area (Å²) in [5, 5.41) is 19.1. The topological polar surface area (TPSA) is 137 Å². The van der Waals surface area contributed by atoms with Crippen LogP contribution in [0.3, 0.4) is 0 Å². The standard InChI is InChI=1S/C11H14N4O4/c1-2-11(13)8(17)6(5-16)19-9(11)15-4-3-7(12)14-10(15)18/h1,3-4,6,8-9,16-17H,5,13H2,(H2,12,14,18)/t6-,8?,9-,11-/m1/s1. The summed E-state index contributed by atoms with van der Waals surface area (Å²) >= 11 is 0. The molecule has 0 radical (unpaired) electrons. The van der Waals surface area contributed by atoms with Gasteiger partial charge >= 0.3 is 5.69 Å². The lowest BCUT2D eigenvalue weighted by atomic mass is 9.92. The first-order valence-electron chi connectivity index (χ1n) is 5.49. The molecule has 4 atom stereocenters. The highest BCUT2D eigenvalue weighted by Gasteiger charge is 2.54. The summed E-state index contributed by atoms with van der Waals surface area (Å²) in [7, 11) is 0. The van der Waals surface area contributed by atoms with Gasteiger partial charge in [-0.2, -0.15) is 4.98 Å². The van der Waals surface area contributed by atoms with Crippen LogP contribution in [0.1, 0.15) is 6.23 Å². The first kappa shape index (κ1) is 13.5. The summed E-state index contributed by atoms with van der Waals surface area (Å²) < 4.78 is 6.39. The molecule has 1 unspecified atom stereocenters. The summed E-state index contributed by atoms with van der Waals surface area (Å²) in [6.07, 6.45) is 3.23. The molecule has 19 heavy (non-hydrogen) atoms. The van der Waals surface area contributed by atoms with Gasteiger partial charge in [0.2, 0.25) is 0 Å². The van der Waals surface area contributed by atoms with Crippen molar-refractivity contribution in [1.29, 1.82) is 0 Å². The lowest BCUT2D eigenvalue weighted by Gasteiger charge is -2.27. The van der Waals surface area contributed by atoms with E-state index in [0.29, 0.717) is 0 Å². The Bertz CT molecular complexity index is 581. The van der Waals surface area contributed by atoms with Crippen LogP contribution in [0.25, 0.3) is 0 Å². The summed E-state index contributed by atoms with van der Waals surface area (Å²) in [4.78, 5) is 15.3. The Kier molecular flexibility index (Phi) is 3.30. The zero-order valence-corrected chi connectivity index (χ0v) is 9.93. The number of terminal acetylenes is 1. The molecule has 6 N–H and O–H groups in total. The van der Waals surface area contributed by atoms with E-state index in [0.717, 1.165) is 4.57 Å². The maximum absolute atomic E-state index is 11.8. The molecule has 1 fully saturated rings. The fourth-order valence-corrected chi connectivity index (χ4v) is 2.01. The predicted octanol–water partition coefficient (Wildman–Crippen LogP) is -2.59. The summed E-state index contributed by atoms with van der Waals surface area (Å²) in [6, 6.07) is 1.38. The molecule has 1 aromatic rings. The van der Waals surface area contributed by atoms with E-state index in [1.165, 1.54) is 12.3 Å². The van der Waals surface area contributed by atoms with Crippen molar-refractivity contribution in [2.24, 2.45) is 5.73 Å². The zero-order valence-electron chi connectivity index (χ0n) is 9.93. The molecule has 0 saturated carbocycles. The van der Waals surface area contributed by atoms with E-state index in [2.05, 4.69) is 10.9 Å². The van der Waals surface area contributed by atoms with Gasteiger partial charge in [0.25, 0.3) is 0 Å². The van der Waals surface area contributed by atoms with Crippen LogP contribution in [0.2, 0.25) is 0 Å². The Morgan fingerprint density at radius 3 is 2.89 bits per heavy atom. The summed E-state index contributed by atoms with van der Waals surface area (Å²) in [5.74, 6) is 2.26. The molecule has 102 valence electrons. The number of aliphatic hydroxyl groups is 2. The van der Waals surface area contributed by atoms with Crippen molar-refractivity contribution in [3.8, 4) is 12.3 Å². The van der Waals surface area contributed by atoms with E-state index in [9.17, 15) is 9.90 Å². The Morgan fingerprint density at radius 2 is 2.37 bits per heavy atom. The molecule has 0 amide bonds. The molecule has 1 saturated heterocycles. The second-order valence-corrected chi connectivity index (χ2v) is 4.27. The molecule has 0 spiro atoms. The minimum absolute atomic E-state index is 0.0434. The number of nitrogen functional groups attached to an aromatic ring is 1. The van der Waals surface area contributed by atoms with Crippen LogP contribution >= 0.6 is 0 Å². The van der Waals surface area contributed by atoms with Crippen LogP contribution in [0, 0.1) is 12.3 Å². The zero-order chi connectivity index (χ0) is 14.2. The van der Waals surface area contributed by atoms with Gasteiger partial charge in [-0.05, 0) is 6.07 Å². The predicted molar refractivity (Wildman–Crippen MR) is 65.7 cm³/mol. The number of ether oxygens (including phenoxy) is 1. The number of nitrogens with two attached hydrogens (primary N) is 2. The van der Waals surface area contributed by atoms with Crippen LogP contribution in [-0.2, 0) is 4.74 Å². The summed E-state index contributed by atoms with van der Waals surface area (Å²) in [5.41, 5.74) is 8.94. The van der Waals surface area contributed by atoms with Gasteiger partial charge in [0, 0.05) is 6.20 Å². The maximum Gasteiger partial charge on any atom is 0.351 e. The molecule has 0 aromatic carbocycles. The van der Waals surface area contributed by atoms with Crippen molar-refractivity contribution < 1.29 is 14.9 Å². The lowest BCUT2D eigenvalue weighted by molar-refractivity contribution is -0.0476. The molecular formula is C11H14N4O4. The van der Waals surface area contributed by atoms with Crippen molar-refractivity contribution in [3.63, 3.8) is 0 Å². The lowest BCUT2D eigenvalue weighted by Crippen LogP contribution is -2.54. The largest absolute Gasteiger partial charge is 0.394 e. The molecule has 2 rings (SSSR count). The number of nitrogens with zero attached hydrogens (tertiary/aromatic N) is 2. The van der Waals surface area contributed by atoms with Crippen molar-refractivity contribution >= 4 is 5.82 Å². The van der Waals surface area contributed by atoms with Crippen LogP contribution in [-0.4, -0.2) is 44.1 Å². The number of hydrogen-bond acceptors (Lipinski definition) is 7. The van der Waals surface area contributed by atoms with E-state index in [1.54, 1.807) is 0 Å². The van der Waals surface area contributed by atoms with Crippen molar-refractivity contribution in [2.75, 3.05) is 12.3 Å². The quantitative estimate of drug-likeness (QED) is 0.431. The Morgan fingerprint density at radius 1 is 1.68 bits per heavy atom. The molecule has 0 aliphatic carbocycles. The highest BCUT2D eigenvalue weighted by Crippen LogP contribution is 2.35. The SMILES string of the molecule is C#C[C@@]1(N)C(O)[C@@H](CO)O[C@H]1n1ccc(N)nc1=O. The highest BCUT2D eigenvalue weighted by atomic mass is 16.5. The van der Waals surface area contributed by atoms with Crippen LogP contribution in [0.5, 0.6) is 0 Å². The van der Waals surface area contributed by atoms with Gasteiger partial charge in [-0.15, -0.1) is 6.42 Å². The van der Waals surface area contributed by atoms with Gasteiger partial charge in [-0.3, -0.25) is 4.57 Å². The van der Waals surface area contributed by atoms with Gasteiger partial charge in [0.05, 0.1) is 6.61 Å². The van der Waals surface area contributed by atoms with Crippen LogP contribution in [0.15, 0.2) is 17.1 Å².